The number of ketones is 1. The van der Waals surface area contributed by atoms with Gasteiger partial charge in [-0.15, -0.1) is 0 Å². The molecule has 0 unspecified atom stereocenters. The molecule has 0 aliphatic carbocycles. The SMILES string of the molecule is C/C=C(\C(C)=O)C(O[Si](C)(C)C)=C(F)F. The molecule has 0 amide bonds. The molecule has 0 saturated carbocycles. The van der Waals surface area contributed by atoms with Crippen molar-refractivity contribution in [3.05, 3.63) is 23.5 Å². The average Bonchev–Trinajstić information content (AvgIpc) is 2.00. The molecule has 15 heavy (non-hydrogen) atoms. The topological polar surface area (TPSA) is 26.3 Å². The van der Waals surface area contributed by atoms with E-state index in [0.717, 1.165) is 0 Å². The van der Waals surface area contributed by atoms with E-state index in [1.807, 2.05) is 0 Å². The number of halogens is 2. The Bertz CT molecular complexity index is 310. The first-order chi connectivity index (χ1) is 6.69. The van der Waals surface area contributed by atoms with Crippen LogP contribution in [0.2, 0.25) is 19.6 Å². The molecule has 0 spiro atoms. The smallest absolute Gasteiger partial charge is 0.311 e. The third kappa shape index (κ3) is 4.87. The maximum Gasteiger partial charge on any atom is 0.311 e. The van der Waals surface area contributed by atoms with Crippen molar-refractivity contribution in [2.24, 2.45) is 0 Å². The highest BCUT2D eigenvalue weighted by molar-refractivity contribution is 6.70. The van der Waals surface area contributed by atoms with Gasteiger partial charge in [0.15, 0.2) is 11.5 Å². The molecule has 0 atom stereocenters. The van der Waals surface area contributed by atoms with Gasteiger partial charge >= 0.3 is 6.08 Å². The summed E-state index contributed by atoms with van der Waals surface area (Å²) in [6, 6.07) is 0. The predicted octanol–water partition coefficient (Wildman–Crippen LogP) is 3.48. The van der Waals surface area contributed by atoms with Crippen molar-refractivity contribution in [2.45, 2.75) is 33.5 Å². The van der Waals surface area contributed by atoms with E-state index < -0.39 is 25.9 Å². The highest BCUT2D eigenvalue weighted by Gasteiger charge is 2.24. The van der Waals surface area contributed by atoms with Gasteiger partial charge in [0.2, 0.25) is 8.32 Å². The van der Waals surface area contributed by atoms with Gasteiger partial charge in [-0.05, 0) is 33.5 Å². The minimum Gasteiger partial charge on any atom is -0.540 e. The fraction of sp³-hybridized carbons (Fsp3) is 0.500. The van der Waals surface area contributed by atoms with Gasteiger partial charge in [-0.3, -0.25) is 4.79 Å². The van der Waals surface area contributed by atoms with Crippen molar-refractivity contribution in [3.63, 3.8) is 0 Å². The molecule has 0 heterocycles. The molecular weight excluding hydrogens is 218 g/mol. The van der Waals surface area contributed by atoms with E-state index >= 15 is 0 Å². The third-order valence-corrected chi connectivity index (χ3v) is 2.31. The Morgan fingerprint density at radius 3 is 1.93 bits per heavy atom. The molecular formula is C10H16F2O2Si. The first-order valence-electron chi connectivity index (χ1n) is 4.61. The number of carbonyl (C=O) groups excluding carboxylic acids is 1. The van der Waals surface area contributed by atoms with Gasteiger partial charge in [-0.25, -0.2) is 0 Å². The van der Waals surface area contributed by atoms with Gasteiger partial charge in [-0.2, -0.15) is 8.78 Å². The maximum atomic E-state index is 12.6. The van der Waals surface area contributed by atoms with Crippen LogP contribution < -0.4 is 0 Å². The maximum absolute atomic E-state index is 12.6. The van der Waals surface area contributed by atoms with Crippen LogP contribution in [-0.2, 0) is 9.22 Å². The molecule has 86 valence electrons. The van der Waals surface area contributed by atoms with E-state index in [-0.39, 0.29) is 5.57 Å². The molecule has 0 fully saturated rings. The second kappa shape index (κ2) is 5.20. The van der Waals surface area contributed by atoms with Gasteiger partial charge in [0.25, 0.3) is 0 Å². The Balaban J connectivity index is 5.20. The lowest BCUT2D eigenvalue weighted by Gasteiger charge is -2.21. The summed E-state index contributed by atoms with van der Waals surface area (Å²) in [5.41, 5.74) is -0.0579. The number of allylic oxidation sites excluding steroid dienone is 2. The Morgan fingerprint density at radius 1 is 1.27 bits per heavy atom. The van der Waals surface area contributed by atoms with Crippen LogP contribution in [0, 0.1) is 0 Å². The van der Waals surface area contributed by atoms with Gasteiger partial charge < -0.3 is 4.43 Å². The summed E-state index contributed by atoms with van der Waals surface area (Å²) >= 11 is 0. The first-order valence-corrected chi connectivity index (χ1v) is 8.01. The Morgan fingerprint density at radius 2 is 1.73 bits per heavy atom. The van der Waals surface area contributed by atoms with Crippen molar-refractivity contribution in [3.8, 4) is 0 Å². The Kier molecular flexibility index (Phi) is 4.87. The fourth-order valence-electron chi connectivity index (χ4n) is 0.996. The Labute approximate surface area is 89.8 Å². The Hall–Kier alpha value is -0.973. The van der Waals surface area contributed by atoms with Crippen molar-refractivity contribution < 1.29 is 18.0 Å². The van der Waals surface area contributed by atoms with Crippen LogP contribution in [0.4, 0.5) is 8.78 Å². The summed E-state index contributed by atoms with van der Waals surface area (Å²) in [7, 11) is -2.14. The van der Waals surface area contributed by atoms with E-state index in [1.165, 1.54) is 19.9 Å². The number of Topliss-reactive ketones (excluding diaryl/α,β-unsaturated/α-hetero) is 1. The lowest BCUT2D eigenvalue weighted by Crippen LogP contribution is -2.26. The fourth-order valence-corrected chi connectivity index (χ4v) is 1.80. The highest BCUT2D eigenvalue weighted by atomic mass is 28.4. The molecule has 0 N–H and O–H groups in total. The zero-order valence-electron chi connectivity index (χ0n) is 9.65. The number of hydrogen-bond acceptors (Lipinski definition) is 2. The molecule has 0 rings (SSSR count). The number of carbonyl (C=O) groups is 1. The quantitative estimate of drug-likeness (QED) is 0.322. The molecule has 0 aliphatic heterocycles. The average molecular weight is 234 g/mol. The lowest BCUT2D eigenvalue weighted by atomic mass is 10.1. The normalized spacial score (nSPS) is 12.3. The van der Waals surface area contributed by atoms with Crippen molar-refractivity contribution in [1.29, 1.82) is 0 Å². The summed E-state index contributed by atoms with van der Waals surface area (Å²) in [5.74, 6) is -0.984. The molecule has 0 radical (unpaired) electrons. The van der Waals surface area contributed by atoms with E-state index in [2.05, 4.69) is 0 Å². The summed E-state index contributed by atoms with van der Waals surface area (Å²) < 4.78 is 30.4. The molecule has 0 aliphatic rings. The van der Waals surface area contributed by atoms with E-state index in [0.29, 0.717) is 0 Å². The van der Waals surface area contributed by atoms with Crippen LogP contribution in [0.1, 0.15) is 13.8 Å². The van der Waals surface area contributed by atoms with Crippen LogP contribution in [0.5, 0.6) is 0 Å². The number of rotatable bonds is 4. The standard InChI is InChI=1S/C10H16F2O2Si/c1-6-8(7(2)13)9(10(11)12)14-15(3,4)5/h6H,1-5H3/b8-6+. The third-order valence-electron chi connectivity index (χ3n) is 1.49. The van der Waals surface area contributed by atoms with E-state index in [4.69, 9.17) is 4.43 Å². The molecule has 5 heteroatoms. The minimum atomic E-state index is -2.14. The van der Waals surface area contributed by atoms with E-state index in [1.54, 1.807) is 19.6 Å². The van der Waals surface area contributed by atoms with Crippen molar-refractivity contribution in [2.75, 3.05) is 0 Å². The predicted molar refractivity (Wildman–Crippen MR) is 58.1 cm³/mol. The zero-order valence-corrected chi connectivity index (χ0v) is 10.6. The molecule has 0 bridgehead atoms. The van der Waals surface area contributed by atoms with Gasteiger partial charge in [0.1, 0.15) is 0 Å². The number of hydrogen-bond donors (Lipinski definition) is 0. The molecule has 0 saturated heterocycles. The second-order valence-electron chi connectivity index (χ2n) is 4.06. The van der Waals surface area contributed by atoms with Gasteiger partial charge in [0, 0.05) is 0 Å². The van der Waals surface area contributed by atoms with Crippen LogP contribution in [-0.4, -0.2) is 14.1 Å². The summed E-state index contributed by atoms with van der Waals surface area (Å²) in [4.78, 5) is 11.1. The monoisotopic (exact) mass is 234 g/mol. The second-order valence-corrected chi connectivity index (χ2v) is 8.49. The summed E-state index contributed by atoms with van der Waals surface area (Å²) in [5, 5.41) is 0. The minimum absolute atomic E-state index is 0.0579. The van der Waals surface area contributed by atoms with Gasteiger partial charge in [0.05, 0.1) is 5.57 Å². The van der Waals surface area contributed by atoms with Crippen LogP contribution in [0.25, 0.3) is 0 Å². The zero-order chi connectivity index (χ0) is 12.2. The molecule has 0 aromatic heterocycles. The summed E-state index contributed by atoms with van der Waals surface area (Å²) in [6.07, 6.45) is -0.600. The summed E-state index contributed by atoms with van der Waals surface area (Å²) in [6.45, 7) is 8.12. The van der Waals surface area contributed by atoms with Crippen LogP contribution >= 0.6 is 0 Å². The largest absolute Gasteiger partial charge is 0.540 e. The van der Waals surface area contributed by atoms with Crippen molar-refractivity contribution >= 4 is 14.1 Å². The van der Waals surface area contributed by atoms with E-state index in [9.17, 15) is 13.6 Å². The van der Waals surface area contributed by atoms with Crippen LogP contribution in [0.15, 0.2) is 23.5 Å². The first kappa shape index (κ1) is 14.0. The lowest BCUT2D eigenvalue weighted by molar-refractivity contribution is -0.113. The van der Waals surface area contributed by atoms with Crippen molar-refractivity contribution in [1.82, 2.24) is 0 Å². The molecule has 0 aromatic rings. The molecule has 2 nitrogen and oxygen atoms in total. The van der Waals surface area contributed by atoms with Gasteiger partial charge in [-0.1, -0.05) is 6.08 Å². The molecule has 0 aromatic carbocycles. The highest BCUT2D eigenvalue weighted by Crippen LogP contribution is 2.23. The van der Waals surface area contributed by atoms with Crippen LogP contribution in [0.3, 0.4) is 0 Å².